The molecule has 0 atom stereocenters. The minimum Gasteiger partial charge on any atom is -0.470 e. The Morgan fingerprint density at radius 1 is 1.20 bits per heavy atom. The molecular formula is C17H17N5O3. The van der Waals surface area contributed by atoms with Crippen molar-refractivity contribution < 1.29 is 9.66 Å². The molecule has 1 N–H and O–H groups in total. The second kappa shape index (κ2) is 6.68. The van der Waals surface area contributed by atoms with Crippen LogP contribution in [0.2, 0.25) is 0 Å². The lowest BCUT2D eigenvalue weighted by Crippen LogP contribution is -2.11. The highest BCUT2D eigenvalue weighted by atomic mass is 16.6. The van der Waals surface area contributed by atoms with E-state index in [0.29, 0.717) is 11.2 Å². The smallest absolute Gasteiger partial charge is 0.373 e. The highest BCUT2D eigenvalue weighted by molar-refractivity contribution is 5.92. The van der Waals surface area contributed by atoms with Crippen molar-refractivity contribution in [2.75, 3.05) is 5.32 Å². The molecule has 2 aromatic heterocycles. The van der Waals surface area contributed by atoms with Crippen LogP contribution in [-0.2, 0) is 0 Å². The van der Waals surface area contributed by atoms with Gasteiger partial charge in [0.25, 0.3) is 5.88 Å². The first-order chi connectivity index (χ1) is 12.0. The average Bonchev–Trinajstić information content (AvgIpc) is 2.54. The molecule has 0 saturated heterocycles. The van der Waals surface area contributed by atoms with Crippen LogP contribution in [0.5, 0.6) is 5.88 Å². The number of aryl methyl sites for hydroxylation is 1. The monoisotopic (exact) mass is 339 g/mol. The van der Waals surface area contributed by atoms with Gasteiger partial charge in [-0.05, 0) is 32.9 Å². The molecule has 0 radical (unpaired) electrons. The van der Waals surface area contributed by atoms with Gasteiger partial charge >= 0.3 is 5.69 Å². The second-order valence-electron chi connectivity index (χ2n) is 5.75. The summed E-state index contributed by atoms with van der Waals surface area (Å²) in [5, 5.41) is 15.4. The molecule has 0 spiro atoms. The summed E-state index contributed by atoms with van der Waals surface area (Å²) >= 11 is 0. The topological polar surface area (TPSA) is 103 Å². The molecule has 1 aromatic carbocycles. The van der Waals surface area contributed by atoms with E-state index in [0.717, 1.165) is 11.1 Å². The third-order valence-corrected chi connectivity index (χ3v) is 3.43. The van der Waals surface area contributed by atoms with Crippen molar-refractivity contribution in [1.29, 1.82) is 0 Å². The van der Waals surface area contributed by atoms with Crippen molar-refractivity contribution in [3.63, 3.8) is 0 Å². The minimum absolute atomic E-state index is 0.0615. The van der Waals surface area contributed by atoms with Crippen molar-refractivity contribution >= 4 is 28.1 Å². The fourth-order valence-corrected chi connectivity index (χ4v) is 2.40. The number of fused-ring (bicyclic) bond motifs is 1. The molecule has 0 aliphatic rings. The Labute approximate surface area is 144 Å². The van der Waals surface area contributed by atoms with Gasteiger partial charge in [0.15, 0.2) is 0 Å². The van der Waals surface area contributed by atoms with Gasteiger partial charge in [0.2, 0.25) is 5.82 Å². The Morgan fingerprint density at radius 2 is 2.00 bits per heavy atom. The zero-order valence-corrected chi connectivity index (χ0v) is 14.1. The van der Waals surface area contributed by atoms with Crippen LogP contribution in [0.15, 0.2) is 36.7 Å². The van der Waals surface area contributed by atoms with Gasteiger partial charge in [-0.1, -0.05) is 18.2 Å². The number of pyridine rings is 1. The molecule has 2 heterocycles. The van der Waals surface area contributed by atoms with Gasteiger partial charge in [0.05, 0.1) is 22.2 Å². The van der Waals surface area contributed by atoms with Crippen LogP contribution < -0.4 is 10.1 Å². The summed E-state index contributed by atoms with van der Waals surface area (Å²) in [4.78, 5) is 23.4. The van der Waals surface area contributed by atoms with Gasteiger partial charge in [0.1, 0.15) is 6.33 Å². The molecule has 25 heavy (non-hydrogen) atoms. The maximum absolute atomic E-state index is 11.5. The molecule has 0 bridgehead atoms. The van der Waals surface area contributed by atoms with Gasteiger partial charge < -0.3 is 10.1 Å². The number of para-hydroxylation sites is 1. The summed E-state index contributed by atoms with van der Waals surface area (Å²) in [5.74, 6) is -0.00617. The number of ether oxygens (including phenoxy) is 1. The van der Waals surface area contributed by atoms with E-state index in [9.17, 15) is 10.1 Å². The third-order valence-electron chi connectivity index (χ3n) is 3.43. The van der Waals surface area contributed by atoms with Crippen molar-refractivity contribution in [3.8, 4) is 5.88 Å². The molecule has 0 saturated carbocycles. The largest absolute Gasteiger partial charge is 0.470 e. The summed E-state index contributed by atoms with van der Waals surface area (Å²) in [6, 6.07) is 9.43. The number of nitrogens with zero attached hydrogens (tertiary/aromatic N) is 4. The predicted octanol–water partition coefficient (Wildman–Crippen LogP) is 3.77. The van der Waals surface area contributed by atoms with Crippen LogP contribution in [0.4, 0.5) is 17.2 Å². The highest BCUT2D eigenvalue weighted by Crippen LogP contribution is 2.34. The Hall–Kier alpha value is -3.29. The fraction of sp³-hybridized carbons (Fsp3) is 0.235. The summed E-state index contributed by atoms with van der Waals surface area (Å²) in [5.41, 5.74) is 1.88. The summed E-state index contributed by atoms with van der Waals surface area (Å²) in [6.07, 6.45) is 0.986. The van der Waals surface area contributed by atoms with Crippen LogP contribution >= 0.6 is 0 Å². The first-order valence-corrected chi connectivity index (χ1v) is 7.75. The van der Waals surface area contributed by atoms with Crippen LogP contribution in [-0.4, -0.2) is 26.0 Å². The van der Waals surface area contributed by atoms with Gasteiger partial charge in [-0.25, -0.2) is 4.98 Å². The SMILES string of the molecule is Cc1ccc2cccc(Nc3ncnc(OC(C)C)c3[N+](=O)[O-])c2n1. The first-order valence-electron chi connectivity index (χ1n) is 7.75. The maximum atomic E-state index is 11.5. The number of anilines is 2. The molecule has 8 heteroatoms. The Balaban J connectivity index is 2.09. The first kappa shape index (κ1) is 16.6. The highest BCUT2D eigenvalue weighted by Gasteiger charge is 2.25. The number of hydrogen-bond acceptors (Lipinski definition) is 7. The summed E-state index contributed by atoms with van der Waals surface area (Å²) < 4.78 is 5.44. The van der Waals surface area contributed by atoms with Crippen LogP contribution in [0.3, 0.4) is 0 Å². The van der Waals surface area contributed by atoms with Gasteiger partial charge in [-0.15, -0.1) is 0 Å². The quantitative estimate of drug-likeness (QED) is 0.557. The maximum Gasteiger partial charge on any atom is 0.373 e. The predicted molar refractivity (Wildman–Crippen MR) is 94.2 cm³/mol. The zero-order valence-electron chi connectivity index (χ0n) is 14.1. The number of benzene rings is 1. The molecular weight excluding hydrogens is 322 g/mol. The Kier molecular flexibility index (Phi) is 4.42. The van der Waals surface area contributed by atoms with Crippen molar-refractivity contribution in [3.05, 3.63) is 52.5 Å². The van der Waals surface area contributed by atoms with Gasteiger partial charge in [-0.2, -0.15) is 4.98 Å². The van der Waals surface area contributed by atoms with E-state index in [-0.39, 0.29) is 23.5 Å². The van der Waals surface area contributed by atoms with Crippen molar-refractivity contribution in [2.45, 2.75) is 26.9 Å². The van der Waals surface area contributed by atoms with Crippen LogP contribution in [0.1, 0.15) is 19.5 Å². The molecule has 0 aliphatic heterocycles. The standard InChI is InChI=1S/C17H17N5O3/c1-10(2)25-17-15(22(23)24)16(18-9-19-17)21-13-6-4-5-12-8-7-11(3)20-14(12)13/h4-10H,1-3H3,(H,18,19,21). The van der Waals surface area contributed by atoms with E-state index in [1.807, 2.05) is 31.2 Å². The molecule has 3 aromatic rings. The van der Waals surface area contributed by atoms with E-state index in [1.165, 1.54) is 6.33 Å². The Bertz CT molecular complexity index is 943. The zero-order chi connectivity index (χ0) is 18.0. The number of nitrogens with one attached hydrogen (secondary N) is 1. The second-order valence-corrected chi connectivity index (χ2v) is 5.75. The van der Waals surface area contributed by atoms with Crippen LogP contribution in [0.25, 0.3) is 10.9 Å². The average molecular weight is 339 g/mol. The van der Waals surface area contributed by atoms with Gasteiger partial charge in [0, 0.05) is 11.1 Å². The van der Waals surface area contributed by atoms with E-state index >= 15 is 0 Å². The van der Waals surface area contributed by atoms with E-state index < -0.39 is 4.92 Å². The molecule has 0 fully saturated rings. The lowest BCUT2D eigenvalue weighted by atomic mass is 10.1. The van der Waals surface area contributed by atoms with Gasteiger partial charge in [-0.3, -0.25) is 15.1 Å². The summed E-state index contributed by atoms with van der Waals surface area (Å²) in [6.45, 7) is 5.44. The molecule has 0 aliphatic carbocycles. The van der Waals surface area contributed by atoms with E-state index in [1.54, 1.807) is 19.9 Å². The molecule has 3 rings (SSSR count). The van der Waals surface area contributed by atoms with Crippen LogP contribution in [0, 0.1) is 17.0 Å². The molecule has 0 unspecified atom stereocenters. The van der Waals surface area contributed by atoms with E-state index in [2.05, 4.69) is 20.3 Å². The number of nitro groups is 1. The normalized spacial score (nSPS) is 10.9. The lowest BCUT2D eigenvalue weighted by Gasteiger charge is -2.12. The lowest BCUT2D eigenvalue weighted by molar-refractivity contribution is -0.385. The molecule has 128 valence electrons. The minimum atomic E-state index is -0.552. The number of aromatic nitrogens is 3. The number of rotatable bonds is 5. The number of hydrogen-bond donors (Lipinski definition) is 1. The fourth-order valence-electron chi connectivity index (χ4n) is 2.40. The Morgan fingerprint density at radius 3 is 2.72 bits per heavy atom. The molecule has 8 nitrogen and oxygen atoms in total. The van der Waals surface area contributed by atoms with Crippen molar-refractivity contribution in [1.82, 2.24) is 15.0 Å². The summed E-state index contributed by atoms with van der Waals surface area (Å²) in [7, 11) is 0. The van der Waals surface area contributed by atoms with Crippen molar-refractivity contribution in [2.24, 2.45) is 0 Å². The third kappa shape index (κ3) is 3.47. The molecule has 0 amide bonds. The van der Waals surface area contributed by atoms with E-state index in [4.69, 9.17) is 4.74 Å².